The monoisotopic (exact) mass is 308 g/mol. The Morgan fingerprint density at radius 2 is 2.05 bits per heavy atom. The average molecular weight is 309 g/mol. The van der Waals surface area contributed by atoms with Crippen molar-refractivity contribution in [1.82, 2.24) is 4.98 Å². The van der Waals surface area contributed by atoms with E-state index in [2.05, 4.69) is 4.98 Å². The number of para-hydroxylation sites is 1. The molecule has 3 nitrogen and oxygen atoms in total. The van der Waals surface area contributed by atoms with E-state index in [0.29, 0.717) is 18.2 Å². The van der Waals surface area contributed by atoms with Crippen molar-refractivity contribution in [3.63, 3.8) is 0 Å². The fraction of sp³-hybridized carbons (Fsp3) is 0.267. The molecule has 106 valence electrons. The van der Waals surface area contributed by atoms with Crippen LogP contribution >= 0.6 is 23.4 Å². The van der Waals surface area contributed by atoms with Crippen LogP contribution in [0.5, 0.6) is 5.75 Å². The molecule has 1 heterocycles. The van der Waals surface area contributed by atoms with Gasteiger partial charge in [0.15, 0.2) is 0 Å². The van der Waals surface area contributed by atoms with Gasteiger partial charge in [-0.05, 0) is 24.6 Å². The van der Waals surface area contributed by atoms with E-state index in [4.69, 9.17) is 22.1 Å². The Morgan fingerprint density at radius 1 is 1.20 bits per heavy atom. The first kappa shape index (κ1) is 15.2. The highest BCUT2D eigenvalue weighted by Crippen LogP contribution is 2.24. The third-order valence-corrected chi connectivity index (χ3v) is 4.21. The molecule has 0 amide bonds. The molecule has 0 saturated heterocycles. The molecule has 0 aliphatic heterocycles. The minimum Gasteiger partial charge on any atom is -0.493 e. The maximum absolute atomic E-state index is 6.04. The second kappa shape index (κ2) is 8.15. The van der Waals surface area contributed by atoms with Crippen LogP contribution in [-0.4, -0.2) is 17.3 Å². The largest absolute Gasteiger partial charge is 0.493 e. The molecule has 0 aliphatic rings. The van der Waals surface area contributed by atoms with Gasteiger partial charge in [-0.25, -0.2) is 4.98 Å². The van der Waals surface area contributed by atoms with E-state index in [0.717, 1.165) is 28.5 Å². The third-order valence-electron chi connectivity index (χ3n) is 2.70. The Balaban J connectivity index is 1.73. The average Bonchev–Trinajstić information content (AvgIpc) is 2.49. The molecule has 0 aliphatic carbocycles. The van der Waals surface area contributed by atoms with E-state index in [-0.39, 0.29) is 0 Å². The Morgan fingerprint density at radius 3 is 2.85 bits per heavy atom. The van der Waals surface area contributed by atoms with Crippen molar-refractivity contribution >= 4 is 23.4 Å². The van der Waals surface area contributed by atoms with Gasteiger partial charge in [0.2, 0.25) is 0 Å². The summed E-state index contributed by atoms with van der Waals surface area (Å²) in [6, 6.07) is 11.5. The standard InChI is InChI=1S/C15H17ClN2OS/c16-13-6-3-8-18-15(13)20-10-4-9-19-14-7-2-1-5-12(14)11-17/h1-3,5-8H,4,9-11,17H2. The van der Waals surface area contributed by atoms with Gasteiger partial charge in [-0.15, -0.1) is 11.8 Å². The van der Waals surface area contributed by atoms with Crippen molar-refractivity contribution in [3.05, 3.63) is 53.2 Å². The highest BCUT2D eigenvalue weighted by atomic mass is 35.5. The van der Waals surface area contributed by atoms with Crippen molar-refractivity contribution in [3.8, 4) is 5.75 Å². The number of benzene rings is 1. The highest BCUT2D eigenvalue weighted by Gasteiger charge is 2.03. The SMILES string of the molecule is NCc1ccccc1OCCCSc1ncccc1Cl. The maximum atomic E-state index is 6.04. The Hall–Kier alpha value is -1.23. The lowest BCUT2D eigenvalue weighted by molar-refractivity contribution is 0.315. The molecule has 1 aromatic heterocycles. The van der Waals surface area contributed by atoms with Gasteiger partial charge in [0.25, 0.3) is 0 Å². The van der Waals surface area contributed by atoms with Gasteiger partial charge in [-0.3, -0.25) is 0 Å². The lowest BCUT2D eigenvalue weighted by atomic mass is 10.2. The molecule has 5 heteroatoms. The van der Waals surface area contributed by atoms with Gasteiger partial charge < -0.3 is 10.5 Å². The summed E-state index contributed by atoms with van der Waals surface area (Å²) >= 11 is 7.69. The summed E-state index contributed by atoms with van der Waals surface area (Å²) in [5, 5.41) is 1.57. The number of nitrogens with zero attached hydrogens (tertiary/aromatic N) is 1. The normalized spacial score (nSPS) is 10.5. The number of ether oxygens (including phenoxy) is 1. The summed E-state index contributed by atoms with van der Waals surface area (Å²) in [7, 11) is 0. The molecule has 0 spiro atoms. The maximum Gasteiger partial charge on any atom is 0.123 e. The van der Waals surface area contributed by atoms with Crippen molar-refractivity contribution in [2.24, 2.45) is 5.73 Å². The van der Waals surface area contributed by atoms with Crippen molar-refractivity contribution in [2.45, 2.75) is 18.0 Å². The van der Waals surface area contributed by atoms with Gasteiger partial charge in [-0.1, -0.05) is 29.8 Å². The van der Waals surface area contributed by atoms with Gasteiger partial charge in [0, 0.05) is 24.1 Å². The number of nitrogens with two attached hydrogens (primary N) is 1. The number of pyridine rings is 1. The smallest absolute Gasteiger partial charge is 0.123 e. The predicted octanol–water partition coefficient (Wildman–Crippen LogP) is 3.75. The zero-order chi connectivity index (χ0) is 14.2. The summed E-state index contributed by atoms with van der Waals surface area (Å²) in [5.74, 6) is 1.79. The molecule has 2 aromatic rings. The molecular weight excluding hydrogens is 292 g/mol. The van der Waals surface area contributed by atoms with Crippen LogP contribution in [0, 0.1) is 0 Å². The van der Waals surface area contributed by atoms with E-state index < -0.39 is 0 Å². The lowest BCUT2D eigenvalue weighted by Gasteiger charge is -2.09. The van der Waals surface area contributed by atoms with Gasteiger partial charge in [0.1, 0.15) is 10.8 Å². The number of rotatable bonds is 7. The summed E-state index contributed by atoms with van der Waals surface area (Å²) in [6.07, 6.45) is 2.68. The van der Waals surface area contributed by atoms with Gasteiger partial charge >= 0.3 is 0 Å². The van der Waals surface area contributed by atoms with Crippen molar-refractivity contribution in [1.29, 1.82) is 0 Å². The van der Waals surface area contributed by atoms with Crippen LogP contribution in [0.1, 0.15) is 12.0 Å². The minimum absolute atomic E-state index is 0.495. The quantitative estimate of drug-likeness (QED) is 0.625. The lowest BCUT2D eigenvalue weighted by Crippen LogP contribution is -2.04. The van der Waals surface area contributed by atoms with Gasteiger partial charge in [0.05, 0.1) is 11.6 Å². The summed E-state index contributed by atoms with van der Waals surface area (Å²) in [4.78, 5) is 4.24. The van der Waals surface area contributed by atoms with Crippen LogP contribution in [0.15, 0.2) is 47.6 Å². The first-order valence-electron chi connectivity index (χ1n) is 6.45. The van der Waals surface area contributed by atoms with Crippen LogP contribution in [-0.2, 0) is 6.54 Å². The van der Waals surface area contributed by atoms with Crippen molar-refractivity contribution < 1.29 is 4.74 Å². The molecule has 20 heavy (non-hydrogen) atoms. The molecule has 2 rings (SSSR count). The minimum atomic E-state index is 0.495. The summed E-state index contributed by atoms with van der Waals surface area (Å²) in [5.41, 5.74) is 6.70. The first-order valence-corrected chi connectivity index (χ1v) is 7.81. The molecular formula is C15H17ClN2OS. The summed E-state index contributed by atoms with van der Waals surface area (Å²) in [6.45, 7) is 1.16. The van der Waals surface area contributed by atoms with Crippen LogP contribution in [0.25, 0.3) is 0 Å². The second-order valence-electron chi connectivity index (χ2n) is 4.15. The number of hydrogen-bond donors (Lipinski definition) is 1. The first-order chi connectivity index (χ1) is 9.81. The molecule has 0 saturated carbocycles. The van der Waals surface area contributed by atoms with Gasteiger partial charge in [-0.2, -0.15) is 0 Å². The Kier molecular flexibility index (Phi) is 6.18. The van der Waals surface area contributed by atoms with E-state index in [1.807, 2.05) is 36.4 Å². The molecule has 2 N–H and O–H groups in total. The fourth-order valence-electron chi connectivity index (χ4n) is 1.70. The molecule has 0 fully saturated rings. The number of hydrogen-bond acceptors (Lipinski definition) is 4. The highest BCUT2D eigenvalue weighted by molar-refractivity contribution is 7.99. The predicted molar refractivity (Wildman–Crippen MR) is 84.4 cm³/mol. The van der Waals surface area contributed by atoms with E-state index in [1.54, 1.807) is 18.0 Å². The second-order valence-corrected chi connectivity index (χ2v) is 5.64. The fourth-order valence-corrected chi connectivity index (χ4v) is 2.78. The number of thioether (sulfide) groups is 1. The molecule has 1 aromatic carbocycles. The number of aromatic nitrogens is 1. The van der Waals surface area contributed by atoms with E-state index in [1.165, 1.54) is 0 Å². The molecule has 0 bridgehead atoms. The van der Waals surface area contributed by atoms with Crippen LogP contribution in [0.3, 0.4) is 0 Å². The topological polar surface area (TPSA) is 48.1 Å². The van der Waals surface area contributed by atoms with Crippen LogP contribution < -0.4 is 10.5 Å². The zero-order valence-corrected chi connectivity index (χ0v) is 12.7. The Bertz CT molecular complexity index is 551. The third kappa shape index (κ3) is 4.40. The van der Waals surface area contributed by atoms with Crippen LogP contribution in [0.2, 0.25) is 5.02 Å². The van der Waals surface area contributed by atoms with E-state index in [9.17, 15) is 0 Å². The summed E-state index contributed by atoms with van der Waals surface area (Å²) < 4.78 is 5.75. The van der Waals surface area contributed by atoms with Crippen LogP contribution in [0.4, 0.5) is 0 Å². The molecule has 0 atom stereocenters. The van der Waals surface area contributed by atoms with E-state index >= 15 is 0 Å². The van der Waals surface area contributed by atoms with Crippen molar-refractivity contribution in [2.75, 3.05) is 12.4 Å². The molecule has 0 radical (unpaired) electrons. The number of halogens is 1. The zero-order valence-electron chi connectivity index (χ0n) is 11.1. The molecule has 0 unspecified atom stereocenters. The Labute approximate surface area is 128 Å².